The van der Waals surface area contributed by atoms with E-state index >= 15 is 0 Å². The van der Waals surface area contributed by atoms with Gasteiger partial charge in [0.15, 0.2) is 0 Å². The monoisotopic (exact) mass is 343 g/mol. The van der Waals surface area contributed by atoms with Crippen molar-refractivity contribution in [2.24, 2.45) is 0 Å². The fourth-order valence-electron chi connectivity index (χ4n) is 4.41. The summed E-state index contributed by atoms with van der Waals surface area (Å²) in [7, 11) is -0.826. The smallest absolute Gasteiger partial charge is 0.217 e. The van der Waals surface area contributed by atoms with Crippen LogP contribution < -0.4 is 0 Å². The lowest BCUT2D eigenvalue weighted by Gasteiger charge is -2.40. The van der Waals surface area contributed by atoms with Crippen LogP contribution in [0.3, 0.4) is 0 Å². The number of hydrogen-bond acceptors (Lipinski definition) is 4. The maximum absolute atomic E-state index is 12.8. The number of piperidine rings is 1. The lowest BCUT2D eigenvalue weighted by atomic mass is 10.0. The molecule has 134 valence electrons. The summed E-state index contributed by atoms with van der Waals surface area (Å²) in [4.78, 5) is 4.95. The number of hydrogen-bond donors (Lipinski definition) is 0. The van der Waals surface area contributed by atoms with Crippen molar-refractivity contribution < 1.29 is 8.42 Å². The number of sulfonamides is 1. The molecular weight excluding hydrogens is 310 g/mol. The Kier molecular flexibility index (Phi) is 5.99. The minimum Gasteiger partial charge on any atom is -0.302 e. The van der Waals surface area contributed by atoms with Crippen molar-refractivity contribution in [2.45, 2.75) is 62.7 Å². The van der Waals surface area contributed by atoms with Gasteiger partial charge in [0.1, 0.15) is 0 Å². The van der Waals surface area contributed by atoms with Crippen LogP contribution in [0.5, 0.6) is 0 Å². The van der Waals surface area contributed by atoms with Gasteiger partial charge in [-0.1, -0.05) is 25.7 Å². The molecule has 2 aliphatic heterocycles. The number of nitrogens with zero attached hydrogens (tertiary/aromatic N) is 3. The summed E-state index contributed by atoms with van der Waals surface area (Å²) in [5.74, 6) is 0. The van der Waals surface area contributed by atoms with E-state index in [-0.39, 0.29) is 5.25 Å². The molecule has 0 bridgehead atoms. The van der Waals surface area contributed by atoms with Gasteiger partial charge < -0.3 is 4.90 Å². The molecule has 3 rings (SSSR count). The lowest BCUT2D eigenvalue weighted by Crippen LogP contribution is -2.54. The van der Waals surface area contributed by atoms with Gasteiger partial charge in [-0.25, -0.2) is 8.42 Å². The molecule has 0 radical (unpaired) electrons. The van der Waals surface area contributed by atoms with E-state index in [1.165, 1.54) is 32.2 Å². The normalized spacial score (nSPS) is 30.6. The highest BCUT2D eigenvalue weighted by Gasteiger charge is 2.35. The summed E-state index contributed by atoms with van der Waals surface area (Å²) in [5, 5.41) is -0.104. The molecule has 3 aliphatic rings. The Morgan fingerprint density at radius 1 is 0.826 bits per heavy atom. The molecule has 0 aromatic carbocycles. The molecule has 1 saturated carbocycles. The van der Waals surface area contributed by atoms with E-state index in [4.69, 9.17) is 0 Å². The second-order valence-electron chi connectivity index (χ2n) is 7.63. The fourth-order valence-corrected chi connectivity index (χ4v) is 6.44. The first kappa shape index (κ1) is 17.6. The Morgan fingerprint density at radius 3 is 2.13 bits per heavy atom. The molecule has 2 heterocycles. The molecule has 23 heavy (non-hydrogen) atoms. The summed E-state index contributed by atoms with van der Waals surface area (Å²) in [6.45, 7) is 5.49. The summed E-state index contributed by atoms with van der Waals surface area (Å²) >= 11 is 0. The van der Waals surface area contributed by atoms with Crippen LogP contribution in [0.4, 0.5) is 0 Å². The van der Waals surface area contributed by atoms with Gasteiger partial charge in [-0.2, -0.15) is 4.31 Å². The van der Waals surface area contributed by atoms with Crippen molar-refractivity contribution in [3.63, 3.8) is 0 Å². The summed E-state index contributed by atoms with van der Waals surface area (Å²) in [5.41, 5.74) is 0. The molecule has 1 unspecified atom stereocenters. The zero-order valence-corrected chi connectivity index (χ0v) is 15.4. The average Bonchev–Trinajstić information content (AvgIpc) is 2.58. The number of likely N-dealkylation sites (N-methyl/N-ethyl adjacent to an activating group) is 1. The van der Waals surface area contributed by atoms with Gasteiger partial charge in [-0.05, 0) is 39.3 Å². The highest BCUT2D eigenvalue weighted by atomic mass is 32.2. The first-order valence-electron chi connectivity index (χ1n) is 9.49. The van der Waals surface area contributed by atoms with E-state index in [1.807, 2.05) is 0 Å². The molecule has 1 atom stereocenters. The van der Waals surface area contributed by atoms with Crippen molar-refractivity contribution in [3.05, 3.63) is 0 Å². The Labute approximate surface area is 142 Å². The van der Waals surface area contributed by atoms with Crippen LogP contribution in [-0.2, 0) is 10.0 Å². The standard InChI is InChI=1S/C17H33N3O2S/c1-18-10-6-5-7-16(18)15-19-11-13-20(14-12-19)23(21,22)17-8-3-2-4-9-17/h16-17H,2-15H2,1H3. The second-order valence-corrected chi connectivity index (χ2v) is 9.85. The van der Waals surface area contributed by atoms with Crippen LogP contribution in [0.1, 0.15) is 51.4 Å². The Hall–Kier alpha value is -0.170. The third-order valence-electron chi connectivity index (χ3n) is 6.06. The van der Waals surface area contributed by atoms with E-state index < -0.39 is 10.0 Å². The summed E-state index contributed by atoms with van der Waals surface area (Å²) < 4.78 is 27.4. The van der Waals surface area contributed by atoms with Gasteiger partial charge >= 0.3 is 0 Å². The number of rotatable bonds is 4. The zero-order chi connectivity index (χ0) is 16.3. The van der Waals surface area contributed by atoms with Gasteiger partial charge in [-0.15, -0.1) is 0 Å². The van der Waals surface area contributed by atoms with Crippen LogP contribution in [0.2, 0.25) is 0 Å². The SMILES string of the molecule is CN1CCCCC1CN1CCN(S(=O)(=O)C2CCCCC2)CC1. The van der Waals surface area contributed by atoms with Crippen LogP contribution >= 0.6 is 0 Å². The van der Waals surface area contributed by atoms with Crippen LogP contribution in [0, 0.1) is 0 Å². The molecule has 5 nitrogen and oxygen atoms in total. The van der Waals surface area contributed by atoms with Crippen molar-refractivity contribution in [1.82, 2.24) is 14.1 Å². The molecule has 2 saturated heterocycles. The summed E-state index contributed by atoms with van der Waals surface area (Å²) in [6.07, 6.45) is 9.05. The van der Waals surface area contributed by atoms with Gasteiger partial charge in [-0.3, -0.25) is 4.90 Å². The quantitative estimate of drug-likeness (QED) is 0.780. The van der Waals surface area contributed by atoms with Gasteiger partial charge in [0.25, 0.3) is 0 Å². The van der Waals surface area contributed by atoms with Crippen LogP contribution in [0.25, 0.3) is 0 Å². The lowest BCUT2D eigenvalue weighted by molar-refractivity contribution is 0.106. The predicted octanol–water partition coefficient (Wildman–Crippen LogP) is 1.75. The molecule has 6 heteroatoms. The molecule has 3 fully saturated rings. The maximum atomic E-state index is 12.8. The highest BCUT2D eigenvalue weighted by molar-refractivity contribution is 7.89. The minimum absolute atomic E-state index is 0.104. The highest BCUT2D eigenvalue weighted by Crippen LogP contribution is 2.27. The third kappa shape index (κ3) is 4.27. The first-order chi connectivity index (χ1) is 11.1. The average molecular weight is 344 g/mol. The van der Waals surface area contributed by atoms with Crippen molar-refractivity contribution in [3.8, 4) is 0 Å². The van der Waals surface area contributed by atoms with Crippen molar-refractivity contribution >= 4 is 10.0 Å². The summed E-state index contributed by atoms with van der Waals surface area (Å²) in [6, 6.07) is 0.658. The van der Waals surface area contributed by atoms with Gasteiger partial charge in [0.05, 0.1) is 5.25 Å². The topological polar surface area (TPSA) is 43.9 Å². The molecule has 1 aliphatic carbocycles. The third-order valence-corrected chi connectivity index (χ3v) is 8.45. The van der Waals surface area contributed by atoms with E-state index in [0.29, 0.717) is 19.1 Å². The Balaban J connectivity index is 1.49. The molecule has 0 aromatic heterocycles. The fraction of sp³-hybridized carbons (Fsp3) is 1.00. The van der Waals surface area contributed by atoms with E-state index in [1.54, 1.807) is 4.31 Å². The van der Waals surface area contributed by atoms with E-state index in [2.05, 4.69) is 16.8 Å². The number of piperazine rings is 1. The van der Waals surface area contributed by atoms with Gasteiger partial charge in [0.2, 0.25) is 10.0 Å². The van der Waals surface area contributed by atoms with Crippen LogP contribution in [0.15, 0.2) is 0 Å². The van der Waals surface area contributed by atoms with Crippen molar-refractivity contribution in [2.75, 3.05) is 46.3 Å². The molecule has 0 N–H and O–H groups in total. The molecule has 0 aromatic rings. The number of likely N-dealkylation sites (tertiary alicyclic amines) is 1. The predicted molar refractivity (Wildman–Crippen MR) is 94.1 cm³/mol. The van der Waals surface area contributed by atoms with E-state index in [9.17, 15) is 8.42 Å². The Morgan fingerprint density at radius 2 is 1.48 bits per heavy atom. The largest absolute Gasteiger partial charge is 0.302 e. The first-order valence-corrected chi connectivity index (χ1v) is 11.0. The molecule has 0 amide bonds. The minimum atomic E-state index is -3.06. The zero-order valence-electron chi connectivity index (χ0n) is 14.6. The molecular formula is C17H33N3O2S. The van der Waals surface area contributed by atoms with Gasteiger partial charge in [0, 0.05) is 38.8 Å². The van der Waals surface area contributed by atoms with E-state index in [0.717, 1.165) is 45.3 Å². The second kappa shape index (κ2) is 7.81. The Bertz CT molecular complexity index is 468. The maximum Gasteiger partial charge on any atom is 0.217 e. The molecule has 0 spiro atoms. The van der Waals surface area contributed by atoms with Crippen molar-refractivity contribution in [1.29, 1.82) is 0 Å². The van der Waals surface area contributed by atoms with Crippen LogP contribution in [-0.4, -0.2) is 80.1 Å².